The standard InChI is InChI=1S/C4H8S.Co/c1-2-4-5-3-1;/h1-4H2;/q;+3. The zero-order valence-electron chi connectivity index (χ0n) is 3.57. The van der Waals surface area contributed by atoms with Gasteiger partial charge in [0.1, 0.15) is 0 Å². The Balaban J connectivity index is 0.000000250. The summed E-state index contributed by atoms with van der Waals surface area (Å²) in [4.78, 5) is 0. The molecule has 0 aromatic heterocycles. The summed E-state index contributed by atoms with van der Waals surface area (Å²) in [5, 5.41) is 0. The second kappa shape index (κ2) is 4.03. The maximum atomic E-state index is 2.07. The first-order valence-electron chi connectivity index (χ1n) is 2.08. The molecule has 0 spiro atoms. The van der Waals surface area contributed by atoms with Crippen LogP contribution in [0.15, 0.2) is 0 Å². The van der Waals surface area contributed by atoms with Crippen molar-refractivity contribution in [3.05, 3.63) is 0 Å². The Morgan fingerprint density at radius 3 is 1.67 bits per heavy atom. The van der Waals surface area contributed by atoms with E-state index in [1.54, 1.807) is 0 Å². The van der Waals surface area contributed by atoms with Gasteiger partial charge in [-0.15, -0.1) is 0 Å². The Morgan fingerprint density at radius 1 is 1.00 bits per heavy atom. The van der Waals surface area contributed by atoms with Crippen LogP contribution in [0.1, 0.15) is 12.8 Å². The van der Waals surface area contributed by atoms with Gasteiger partial charge in [0, 0.05) is 0 Å². The van der Waals surface area contributed by atoms with Gasteiger partial charge in [-0.25, -0.2) is 0 Å². The van der Waals surface area contributed by atoms with Gasteiger partial charge in [0.05, 0.1) is 0 Å². The molecule has 1 heterocycles. The van der Waals surface area contributed by atoms with Crippen molar-refractivity contribution < 1.29 is 16.8 Å². The molecule has 36 valence electrons. The molecule has 6 heavy (non-hydrogen) atoms. The van der Waals surface area contributed by atoms with Crippen LogP contribution in [0.3, 0.4) is 0 Å². The molecule has 1 fully saturated rings. The van der Waals surface area contributed by atoms with E-state index in [2.05, 4.69) is 11.8 Å². The molecule has 1 aliphatic heterocycles. The van der Waals surface area contributed by atoms with Crippen molar-refractivity contribution >= 4 is 11.8 Å². The van der Waals surface area contributed by atoms with Gasteiger partial charge in [-0.3, -0.25) is 0 Å². The van der Waals surface area contributed by atoms with Crippen LogP contribution in [0, 0.1) is 0 Å². The molecule has 0 aromatic carbocycles. The summed E-state index contributed by atoms with van der Waals surface area (Å²) in [7, 11) is 0. The fourth-order valence-electron chi connectivity index (χ4n) is 0.510. The van der Waals surface area contributed by atoms with Crippen LogP contribution in [0.5, 0.6) is 0 Å². The minimum Gasteiger partial charge on any atom is -0.162 e. The Bertz CT molecular complexity index is 19.1. The van der Waals surface area contributed by atoms with Crippen molar-refractivity contribution in [3.63, 3.8) is 0 Å². The van der Waals surface area contributed by atoms with Crippen LogP contribution in [0.4, 0.5) is 0 Å². The summed E-state index contributed by atoms with van der Waals surface area (Å²) < 4.78 is 0. The van der Waals surface area contributed by atoms with Crippen molar-refractivity contribution in [3.8, 4) is 0 Å². The second-order valence-electron chi connectivity index (χ2n) is 1.32. The van der Waals surface area contributed by atoms with Gasteiger partial charge in [-0.05, 0) is 24.3 Å². The first-order valence-corrected chi connectivity index (χ1v) is 3.23. The maximum absolute atomic E-state index is 2.07. The van der Waals surface area contributed by atoms with E-state index in [-0.39, 0.29) is 16.8 Å². The van der Waals surface area contributed by atoms with Gasteiger partial charge < -0.3 is 0 Å². The molecule has 2 heteroatoms. The van der Waals surface area contributed by atoms with Crippen LogP contribution in [-0.4, -0.2) is 11.5 Å². The molecule has 1 rings (SSSR count). The summed E-state index contributed by atoms with van der Waals surface area (Å²) in [6, 6.07) is 0. The Kier molecular flexibility index (Phi) is 4.60. The normalized spacial score (nSPS) is 20.0. The third kappa shape index (κ3) is 2.11. The largest absolute Gasteiger partial charge is 3.00 e. The number of hydrogen-bond donors (Lipinski definition) is 0. The van der Waals surface area contributed by atoms with Gasteiger partial charge in [-0.1, -0.05) is 0 Å². The SMILES string of the molecule is C1CCSC1.[Co+3]. The predicted molar refractivity (Wildman–Crippen MR) is 26.6 cm³/mol. The van der Waals surface area contributed by atoms with Crippen LogP contribution in [0.2, 0.25) is 0 Å². The van der Waals surface area contributed by atoms with Crippen molar-refractivity contribution in [2.24, 2.45) is 0 Å². The van der Waals surface area contributed by atoms with Crippen molar-refractivity contribution in [1.29, 1.82) is 0 Å². The fourth-order valence-corrected chi connectivity index (χ4v) is 1.53. The minimum absolute atomic E-state index is 0. The number of hydrogen-bond acceptors (Lipinski definition) is 1. The molecule has 0 nitrogen and oxygen atoms in total. The van der Waals surface area contributed by atoms with E-state index >= 15 is 0 Å². The van der Waals surface area contributed by atoms with E-state index in [1.165, 1.54) is 24.3 Å². The van der Waals surface area contributed by atoms with E-state index in [9.17, 15) is 0 Å². The van der Waals surface area contributed by atoms with Gasteiger partial charge in [-0.2, -0.15) is 11.8 Å². The third-order valence-corrected chi connectivity index (χ3v) is 1.98. The molecule has 0 aromatic rings. The Hall–Kier alpha value is 0.856. The first-order chi connectivity index (χ1) is 2.50. The molecular formula is C4H8CoS+3. The second-order valence-corrected chi connectivity index (χ2v) is 2.54. The molecule has 0 atom stereocenters. The molecule has 0 N–H and O–H groups in total. The minimum atomic E-state index is 0. The average Bonchev–Trinajstić information content (AvgIpc) is 1.76. The summed E-state index contributed by atoms with van der Waals surface area (Å²) in [5.41, 5.74) is 0. The average molecular weight is 147 g/mol. The molecule has 0 aliphatic carbocycles. The molecule has 1 aliphatic rings. The maximum Gasteiger partial charge on any atom is 3.00 e. The predicted octanol–water partition coefficient (Wildman–Crippen LogP) is 1.51. The summed E-state index contributed by atoms with van der Waals surface area (Å²) in [5.74, 6) is 2.83. The van der Waals surface area contributed by atoms with Gasteiger partial charge in [0.15, 0.2) is 0 Å². The third-order valence-electron chi connectivity index (χ3n) is 0.827. The van der Waals surface area contributed by atoms with Gasteiger partial charge in [0.25, 0.3) is 0 Å². The Morgan fingerprint density at radius 2 is 1.50 bits per heavy atom. The van der Waals surface area contributed by atoms with E-state index in [0.717, 1.165) is 0 Å². The van der Waals surface area contributed by atoms with E-state index in [1.807, 2.05) is 0 Å². The molecule has 0 radical (unpaired) electrons. The van der Waals surface area contributed by atoms with E-state index in [4.69, 9.17) is 0 Å². The van der Waals surface area contributed by atoms with Crippen molar-refractivity contribution in [1.82, 2.24) is 0 Å². The van der Waals surface area contributed by atoms with Crippen molar-refractivity contribution in [2.45, 2.75) is 12.8 Å². The monoisotopic (exact) mass is 147 g/mol. The molecule has 0 unspecified atom stereocenters. The van der Waals surface area contributed by atoms with Gasteiger partial charge in [0.2, 0.25) is 0 Å². The van der Waals surface area contributed by atoms with Crippen LogP contribution >= 0.6 is 11.8 Å². The molecule has 0 saturated carbocycles. The summed E-state index contributed by atoms with van der Waals surface area (Å²) >= 11 is 2.07. The zero-order chi connectivity index (χ0) is 3.54. The Labute approximate surface area is 53.3 Å². The topological polar surface area (TPSA) is 0 Å². The summed E-state index contributed by atoms with van der Waals surface area (Å²) in [6.07, 6.45) is 2.93. The van der Waals surface area contributed by atoms with E-state index in [0.29, 0.717) is 0 Å². The van der Waals surface area contributed by atoms with Crippen molar-refractivity contribution in [2.75, 3.05) is 11.5 Å². The smallest absolute Gasteiger partial charge is 0.162 e. The van der Waals surface area contributed by atoms with Gasteiger partial charge >= 0.3 is 16.8 Å². The molecule has 1 saturated heterocycles. The quantitative estimate of drug-likeness (QED) is 0.500. The molecule has 0 bridgehead atoms. The fraction of sp³-hybridized carbons (Fsp3) is 1.00. The van der Waals surface area contributed by atoms with E-state index < -0.39 is 0 Å². The number of rotatable bonds is 0. The first kappa shape index (κ1) is 6.86. The van der Waals surface area contributed by atoms with Crippen LogP contribution in [0.25, 0.3) is 0 Å². The summed E-state index contributed by atoms with van der Waals surface area (Å²) in [6.45, 7) is 0. The van der Waals surface area contributed by atoms with Crippen LogP contribution in [-0.2, 0) is 16.8 Å². The zero-order valence-corrected chi connectivity index (χ0v) is 5.43. The molecule has 0 amide bonds. The molecular weight excluding hydrogens is 139 g/mol. The van der Waals surface area contributed by atoms with Crippen LogP contribution < -0.4 is 0 Å². The number of thioether (sulfide) groups is 1.